The number of ketones is 1. The summed E-state index contributed by atoms with van der Waals surface area (Å²) in [5, 5.41) is 10.7. The fourth-order valence-corrected chi connectivity index (χ4v) is 4.23. The van der Waals surface area contributed by atoms with E-state index in [1.807, 2.05) is 20.8 Å². The van der Waals surface area contributed by atoms with Gasteiger partial charge in [0.05, 0.1) is 5.60 Å². The van der Waals surface area contributed by atoms with Crippen LogP contribution in [0, 0.1) is 11.8 Å². The first-order chi connectivity index (χ1) is 10.3. The molecule has 0 aliphatic carbocycles. The van der Waals surface area contributed by atoms with Gasteiger partial charge in [-0.15, -0.1) is 0 Å². The lowest BCUT2D eigenvalue weighted by atomic mass is 9.82. The van der Waals surface area contributed by atoms with Gasteiger partial charge in [-0.05, 0) is 51.5 Å². The van der Waals surface area contributed by atoms with E-state index < -0.39 is 5.60 Å². The number of allylic oxidation sites excluding steroid dienone is 1. The minimum atomic E-state index is -0.578. The molecule has 4 atom stereocenters. The molecule has 0 saturated carbocycles. The molecule has 4 unspecified atom stereocenters. The Morgan fingerprint density at radius 3 is 2.86 bits per heavy atom. The molecule has 0 bridgehead atoms. The first-order valence-corrected chi connectivity index (χ1v) is 9.02. The lowest BCUT2D eigenvalue weighted by molar-refractivity contribution is -0.122. The van der Waals surface area contributed by atoms with E-state index in [0.29, 0.717) is 24.2 Å². The molecule has 0 aromatic rings. The molecule has 0 radical (unpaired) electrons. The average Bonchev–Trinajstić information content (AvgIpc) is 2.92. The van der Waals surface area contributed by atoms with Crippen molar-refractivity contribution >= 4 is 5.78 Å². The molecular weight excluding hydrogens is 274 g/mol. The maximum atomic E-state index is 11.7. The standard InChI is InChI=1S/C19H33NO2/c1-5-17(21)15(3)9-8-14(2)11-16-12-19(4,22)18-7-6-10-20(18)13-16/h11,14-15,18,22H,5-10,12-13H2,1-4H3/b16-11-. The lowest BCUT2D eigenvalue weighted by Crippen LogP contribution is -2.52. The number of fused-ring (bicyclic) bond motifs is 1. The first kappa shape index (κ1) is 17.7. The lowest BCUT2D eigenvalue weighted by Gasteiger charge is -2.43. The summed E-state index contributed by atoms with van der Waals surface area (Å²) in [6, 6.07) is 0.349. The zero-order valence-electron chi connectivity index (χ0n) is 14.8. The molecule has 0 spiro atoms. The van der Waals surface area contributed by atoms with Crippen LogP contribution < -0.4 is 0 Å². The number of carbonyl (C=O) groups is 1. The summed E-state index contributed by atoms with van der Waals surface area (Å²) in [5.74, 6) is 1.04. The summed E-state index contributed by atoms with van der Waals surface area (Å²) in [6.07, 6.45) is 8.18. The van der Waals surface area contributed by atoms with Gasteiger partial charge < -0.3 is 5.11 Å². The Morgan fingerprint density at radius 2 is 2.18 bits per heavy atom. The SMILES string of the molecule is CCC(=O)C(C)CCC(C)/C=C1\CN2CCCC2C(C)(O)C1. The Kier molecular flexibility index (Phi) is 5.84. The van der Waals surface area contributed by atoms with Crippen molar-refractivity contribution in [3.8, 4) is 0 Å². The molecule has 1 N–H and O–H groups in total. The van der Waals surface area contributed by atoms with Crippen LogP contribution in [0.4, 0.5) is 0 Å². The van der Waals surface area contributed by atoms with Crippen LogP contribution in [0.25, 0.3) is 0 Å². The van der Waals surface area contributed by atoms with Gasteiger partial charge in [-0.1, -0.05) is 32.4 Å². The van der Waals surface area contributed by atoms with Crippen LogP contribution in [-0.4, -0.2) is 40.5 Å². The topological polar surface area (TPSA) is 40.5 Å². The molecular formula is C19H33NO2. The van der Waals surface area contributed by atoms with Gasteiger partial charge >= 0.3 is 0 Å². The van der Waals surface area contributed by atoms with Crippen LogP contribution in [-0.2, 0) is 4.79 Å². The van der Waals surface area contributed by atoms with E-state index in [0.717, 1.165) is 38.8 Å². The highest BCUT2D eigenvalue weighted by Gasteiger charge is 2.43. The largest absolute Gasteiger partial charge is 0.388 e. The second kappa shape index (κ2) is 7.27. The maximum Gasteiger partial charge on any atom is 0.135 e. The Morgan fingerprint density at radius 1 is 1.45 bits per heavy atom. The Bertz CT molecular complexity index is 427. The number of piperidine rings is 1. The van der Waals surface area contributed by atoms with Crippen molar-refractivity contribution < 1.29 is 9.90 Å². The number of carbonyl (C=O) groups excluding carboxylic acids is 1. The summed E-state index contributed by atoms with van der Waals surface area (Å²) >= 11 is 0. The van der Waals surface area contributed by atoms with Gasteiger partial charge in [0.2, 0.25) is 0 Å². The van der Waals surface area contributed by atoms with Crippen molar-refractivity contribution in [3.05, 3.63) is 11.6 Å². The maximum absolute atomic E-state index is 11.7. The number of nitrogens with zero attached hydrogens (tertiary/aromatic N) is 1. The molecule has 3 heteroatoms. The second-order valence-electron chi connectivity index (χ2n) is 7.76. The molecule has 0 amide bonds. The van der Waals surface area contributed by atoms with Crippen molar-refractivity contribution in [2.45, 2.75) is 77.9 Å². The average molecular weight is 307 g/mol. The Labute approximate surface area is 135 Å². The zero-order chi connectivity index (χ0) is 16.3. The van der Waals surface area contributed by atoms with E-state index in [1.54, 1.807) is 0 Å². The Balaban J connectivity index is 1.90. The fourth-order valence-electron chi connectivity index (χ4n) is 4.23. The first-order valence-electron chi connectivity index (χ1n) is 9.02. The third-order valence-electron chi connectivity index (χ3n) is 5.55. The molecule has 126 valence electrons. The van der Waals surface area contributed by atoms with Crippen molar-refractivity contribution in [1.82, 2.24) is 4.90 Å². The predicted octanol–water partition coefficient (Wildman–Crippen LogP) is 3.56. The van der Waals surface area contributed by atoms with Crippen LogP contribution in [0.2, 0.25) is 0 Å². The molecule has 2 fully saturated rings. The molecule has 22 heavy (non-hydrogen) atoms. The summed E-state index contributed by atoms with van der Waals surface area (Å²) in [4.78, 5) is 14.1. The number of Topliss-reactive ketones (excluding diaryl/α,β-unsaturated/α-hetero) is 1. The molecule has 2 aliphatic heterocycles. The van der Waals surface area contributed by atoms with Gasteiger partial charge in [0.15, 0.2) is 0 Å². The normalized spacial score (nSPS) is 33.7. The van der Waals surface area contributed by atoms with E-state index in [-0.39, 0.29) is 5.92 Å². The quantitative estimate of drug-likeness (QED) is 0.763. The molecule has 2 aliphatic rings. The predicted molar refractivity (Wildman–Crippen MR) is 90.8 cm³/mol. The Hall–Kier alpha value is -0.670. The number of rotatable bonds is 6. The molecule has 0 aromatic carbocycles. The number of aliphatic hydroxyl groups is 1. The van der Waals surface area contributed by atoms with Gasteiger partial charge in [0.25, 0.3) is 0 Å². The van der Waals surface area contributed by atoms with Crippen molar-refractivity contribution in [2.24, 2.45) is 11.8 Å². The van der Waals surface area contributed by atoms with Crippen molar-refractivity contribution in [3.63, 3.8) is 0 Å². The fraction of sp³-hybridized carbons (Fsp3) is 0.842. The number of hydrogen-bond donors (Lipinski definition) is 1. The second-order valence-corrected chi connectivity index (χ2v) is 7.76. The molecule has 0 aromatic heterocycles. The van der Waals surface area contributed by atoms with Crippen LogP contribution in [0.1, 0.15) is 66.2 Å². The van der Waals surface area contributed by atoms with Crippen LogP contribution in [0.3, 0.4) is 0 Å². The highest BCUT2D eigenvalue weighted by molar-refractivity contribution is 5.80. The van der Waals surface area contributed by atoms with Crippen molar-refractivity contribution in [1.29, 1.82) is 0 Å². The zero-order valence-corrected chi connectivity index (χ0v) is 14.8. The van der Waals surface area contributed by atoms with Crippen molar-refractivity contribution in [2.75, 3.05) is 13.1 Å². The highest BCUT2D eigenvalue weighted by Crippen LogP contribution is 2.37. The van der Waals surface area contributed by atoms with Gasteiger partial charge in [-0.3, -0.25) is 9.69 Å². The summed E-state index contributed by atoms with van der Waals surface area (Å²) in [6.45, 7) is 10.4. The number of hydrogen-bond acceptors (Lipinski definition) is 3. The minimum absolute atomic E-state index is 0.184. The van der Waals surface area contributed by atoms with Crippen LogP contribution >= 0.6 is 0 Å². The molecule has 2 heterocycles. The summed E-state index contributed by atoms with van der Waals surface area (Å²) in [7, 11) is 0. The van der Waals surface area contributed by atoms with E-state index in [1.165, 1.54) is 12.0 Å². The third kappa shape index (κ3) is 4.20. The smallest absolute Gasteiger partial charge is 0.135 e. The van der Waals surface area contributed by atoms with E-state index in [2.05, 4.69) is 17.9 Å². The molecule has 2 saturated heterocycles. The molecule has 3 nitrogen and oxygen atoms in total. The monoisotopic (exact) mass is 307 g/mol. The highest BCUT2D eigenvalue weighted by atomic mass is 16.3. The van der Waals surface area contributed by atoms with Gasteiger partial charge in [0.1, 0.15) is 5.78 Å². The van der Waals surface area contributed by atoms with Gasteiger partial charge in [-0.2, -0.15) is 0 Å². The van der Waals surface area contributed by atoms with E-state index in [9.17, 15) is 9.90 Å². The molecule has 2 rings (SSSR count). The van der Waals surface area contributed by atoms with E-state index in [4.69, 9.17) is 0 Å². The van der Waals surface area contributed by atoms with Crippen LogP contribution in [0.5, 0.6) is 0 Å². The van der Waals surface area contributed by atoms with Crippen LogP contribution in [0.15, 0.2) is 11.6 Å². The van der Waals surface area contributed by atoms with Gasteiger partial charge in [0, 0.05) is 24.9 Å². The van der Waals surface area contributed by atoms with Gasteiger partial charge in [-0.25, -0.2) is 0 Å². The van der Waals surface area contributed by atoms with E-state index >= 15 is 0 Å². The summed E-state index contributed by atoms with van der Waals surface area (Å²) < 4.78 is 0. The summed E-state index contributed by atoms with van der Waals surface area (Å²) in [5.41, 5.74) is 0.802. The minimum Gasteiger partial charge on any atom is -0.388 e. The third-order valence-corrected chi connectivity index (χ3v) is 5.55.